The van der Waals surface area contributed by atoms with E-state index in [-0.39, 0.29) is 6.61 Å². The molecule has 236 valence electrons. The second-order valence-electron chi connectivity index (χ2n) is 9.00. The molecule has 2 atom stereocenters. The first-order chi connectivity index (χ1) is 19.2. The number of unbranched alkanes of at least 4 members (excludes halogenated alkanes) is 4. The van der Waals surface area contributed by atoms with Gasteiger partial charge in [-0.3, -0.25) is 0 Å². The average Bonchev–Trinajstić information content (AvgIpc) is 2.94. The second-order valence-corrected chi connectivity index (χ2v) is 11.4. The van der Waals surface area contributed by atoms with Crippen LogP contribution < -0.4 is 0 Å². The molecule has 0 radical (unpaired) electrons. The van der Waals surface area contributed by atoms with Gasteiger partial charge in [0.1, 0.15) is 0 Å². The Bertz CT molecular complexity index is 453. The lowest BCUT2D eigenvalue weighted by Crippen LogP contribution is -2.15. The Kier molecular flexibility index (Phi) is 35.3. The fraction of sp³-hybridized carbons (Fsp3) is 1.00. The van der Waals surface area contributed by atoms with E-state index < -0.39 is 0 Å². The van der Waals surface area contributed by atoms with Crippen molar-refractivity contribution in [2.75, 3.05) is 112 Å². The summed E-state index contributed by atoms with van der Waals surface area (Å²) in [7, 11) is 0. The Balaban J connectivity index is 3.14. The molecule has 0 aliphatic carbocycles. The molecule has 0 amide bonds. The molecule has 0 aliphatic heterocycles. The van der Waals surface area contributed by atoms with Crippen molar-refractivity contribution < 1.29 is 43.0 Å². The van der Waals surface area contributed by atoms with Gasteiger partial charge in [0.05, 0.1) is 106 Å². The van der Waals surface area contributed by atoms with E-state index in [1.165, 1.54) is 44.9 Å². The van der Waals surface area contributed by atoms with Crippen molar-refractivity contribution in [1.82, 2.24) is 0 Å². The molecule has 2 unspecified atom stereocenters. The van der Waals surface area contributed by atoms with Crippen LogP contribution in [0.5, 0.6) is 0 Å². The Labute approximate surface area is 254 Å². The second kappa shape index (κ2) is 34.8. The van der Waals surface area contributed by atoms with Gasteiger partial charge >= 0.3 is 0 Å². The first-order valence-electron chi connectivity index (χ1n) is 14.7. The van der Waals surface area contributed by atoms with Gasteiger partial charge in [-0.25, -0.2) is 0 Å². The van der Waals surface area contributed by atoms with Gasteiger partial charge in [-0.15, -0.1) is 0 Å². The first-order valence-corrected chi connectivity index (χ1v) is 16.6. The van der Waals surface area contributed by atoms with E-state index in [0.29, 0.717) is 109 Å². The lowest BCUT2D eigenvalue weighted by atomic mass is 10.1. The Morgan fingerprint density at radius 2 is 0.897 bits per heavy atom. The highest BCUT2D eigenvalue weighted by molar-refractivity contribution is 9.12. The number of ether oxygens (including phenoxy) is 8. The van der Waals surface area contributed by atoms with Crippen molar-refractivity contribution in [3.63, 3.8) is 0 Å². The molecule has 0 fully saturated rings. The maximum atomic E-state index is 8.57. The topological polar surface area (TPSA) is 94.1 Å². The highest BCUT2D eigenvalue weighted by Gasteiger charge is 2.14. The summed E-state index contributed by atoms with van der Waals surface area (Å²) in [6.45, 7) is 10.9. The molecule has 0 heterocycles. The van der Waals surface area contributed by atoms with E-state index in [1.807, 2.05) is 0 Å². The predicted octanol–water partition coefficient (Wildman–Crippen LogP) is 4.78. The minimum absolute atomic E-state index is 0.0329. The summed E-state index contributed by atoms with van der Waals surface area (Å²) in [4.78, 5) is 1.11. The third-order valence-electron chi connectivity index (χ3n) is 5.58. The van der Waals surface area contributed by atoms with Crippen LogP contribution in [0.4, 0.5) is 0 Å². The number of aliphatic hydroxyl groups excluding tert-OH is 1. The van der Waals surface area contributed by atoms with Gasteiger partial charge in [0, 0.05) is 16.3 Å². The van der Waals surface area contributed by atoms with Gasteiger partial charge in [0.15, 0.2) is 0 Å². The van der Waals surface area contributed by atoms with Crippen molar-refractivity contribution in [1.29, 1.82) is 0 Å². The van der Waals surface area contributed by atoms with E-state index in [0.717, 1.165) is 13.0 Å². The maximum absolute atomic E-state index is 8.57. The van der Waals surface area contributed by atoms with Crippen LogP contribution in [0.25, 0.3) is 0 Å². The minimum atomic E-state index is 0.0329. The van der Waals surface area contributed by atoms with E-state index in [2.05, 4.69) is 38.8 Å². The Morgan fingerprint density at radius 1 is 0.513 bits per heavy atom. The molecule has 1 N–H and O–H groups in total. The summed E-state index contributed by atoms with van der Waals surface area (Å²) in [6.07, 6.45) is 9.96. The Morgan fingerprint density at radius 3 is 1.31 bits per heavy atom. The number of halogens is 2. The molecule has 0 saturated carbocycles. The summed E-state index contributed by atoms with van der Waals surface area (Å²) < 4.78 is 43.4. The molecule has 0 rings (SSSR count). The van der Waals surface area contributed by atoms with Crippen LogP contribution in [0.1, 0.15) is 58.3 Å². The van der Waals surface area contributed by atoms with Crippen molar-refractivity contribution in [3.05, 3.63) is 0 Å². The SMILES string of the molecule is CCCCCCC(Br)C(Br)CCC[14CH2]OCCOCCOCCOCCOCCOCCOCCOCCO. The van der Waals surface area contributed by atoms with Crippen LogP contribution in [0, 0.1) is 0 Å². The van der Waals surface area contributed by atoms with Crippen LogP contribution in [0.2, 0.25) is 0 Å². The first kappa shape index (κ1) is 39.6. The molecule has 0 aromatic carbocycles. The standard InChI is InChI=1S/C28H56Br2O9/c1-2-3-4-5-8-27(29)28(30)9-6-7-11-32-13-15-34-17-19-36-21-23-38-25-26-39-24-22-37-20-18-35-16-14-33-12-10-31/h27-28,31H,2-26H2,1H3/i11+2. The van der Waals surface area contributed by atoms with E-state index in [4.69, 9.17) is 43.0 Å². The number of alkyl halides is 2. The van der Waals surface area contributed by atoms with Crippen molar-refractivity contribution >= 4 is 31.9 Å². The van der Waals surface area contributed by atoms with Gasteiger partial charge in [0.2, 0.25) is 0 Å². The quantitative estimate of drug-likeness (QED) is 0.0754. The van der Waals surface area contributed by atoms with Crippen molar-refractivity contribution in [2.24, 2.45) is 0 Å². The average molecular weight is 699 g/mol. The zero-order valence-electron chi connectivity index (χ0n) is 24.3. The third kappa shape index (κ3) is 33.0. The maximum Gasteiger partial charge on any atom is 0.0701 e. The van der Waals surface area contributed by atoms with E-state index in [9.17, 15) is 0 Å². The van der Waals surface area contributed by atoms with Gasteiger partial charge in [-0.05, 0) is 19.3 Å². The van der Waals surface area contributed by atoms with E-state index in [1.54, 1.807) is 0 Å². The zero-order valence-corrected chi connectivity index (χ0v) is 27.5. The molecule has 39 heavy (non-hydrogen) atoms. The summed E-state index contributed by atoms with van der Waals surface area (Å²) in [6, 6.07) is 0. The molecule has 0 spiro atoms. The molecule has 0 bridgehead atoms. The van der Waals surface area contributed by atoms with Crippen LogP contribution in [0.3, 0.4) is 0 Å². The summed E-state index contributed by atoms with van der Waals surface area (Å²) in [5.74, 6) is 0. The van der Waals surface area contributed by atoms with Gasteiger partial charge in [-0.2, -0.15) is 0 Å². The molecular weight excluding hydrogens is 642 g/mol. The molecule has 9 nitrogen and oxygen atoms in total. The monoisotopic (exact) mass is 696 g/mol. The van der Waals surface area contributed by atoms with E-state index >= 15 is 0 Å². The van der Waals surface area contributed by atoms with Crippen LogP contribution in [-0.2, 0) is 37.9 Å². The van der Waals surface area contributed by atoms with Crippen molar-refractivity contribution in [2.45, 2.75) is 67.9 Å². The normalized spacial score (nSPS) is 13.2. The lowest BCUT2D eigenvalue weighted by molar-refractivity contribution is -0.0238. The molecule has 0 aliphatic rings. The number of hydrogen-bond acceptors (Lipinski definition) is 9. The van der Waals surface area contributed by atoms with Crippen LogP contribution in [0.15, 0.2) is 0 Å². The summed E-state index contributed by atoms with van der Waals surface area (Å²) in [5.41, 5.74) is 0. The highest BCUT2D eigenvalue weighted by Crippen LogP contribution is 2.24. The molecule has 11 heteroatoms. The largest absolute Gasteiger partial charge is 0.394 e. The highest BCUT2D eigenvalue weighted by atomic mass is 79.9. The summed E-state index contributed by atoms with van der Waals surface area (Å²) in [5, 5.41) is 8.57. The lowest BCUT2D eigenvalue weighted by Gasteiger charge is -2.16. The molecular formula is C28H56Br2O9. The number of aliphatic hydroxyl groups is 1. The van der Waals surface area contributed by atoms with Crippen molar-refractivity contribution in [3.8, 4) is 0 Å². The fourth-order valence-electron chi connectivity index (χ4n) is 3.38. The van der Waals surface area contributed by atoms with Gasteiger partial charge in [0.25, 0.3) is 0 Å². The third-order valence-corrected chi connectivity index (χ3v) is 8.49. The number of rotatable bonds is 34. The number of hydrogen-bond donors (Lipinski definition) is 1. The predicted molar refractivity (Wildman–Crippen MR) is 162 cm³/mol. The molecule has 0 aromatic heterocycles. The Hall–Kier alpha value is 0.600. The fourth-order valence-corrected chi connectivity index (χ4v) is 4.55. The molecule has 0 saturated heterocycles. The molecule has 0 aromatic rings. The zero-order chi connectivity index (χ0) is 28.5. The minimum Gasteiger partial charge on any atom is -0.394 e. The van der Waals surface area contributed by atoms with Gasteiger partial charge < -0.3 is 43.0 Å². The van der Waals surface area contributed by atoms with Gasteiger partial charge in [-0.1, -0.05) is 70.9 Å². The summed E-state index contributed by atoms with van der Waals surface area (Å²) >= 11 is 7.67. The van der Waals surface area contributed by atoms with Crippen LogP contribution in [-0.4, -0.2) is 127 Å². The smallest absolute Gasteiger partial charge is 0.0701 e. The van der Waals surface area contributed by atoms with Crippen LogP contribution >= 0.6 is 31.9 Å².